The molecule has 0 aliphatic carbocycles. The smallest absolute Gasteiger partial charge is 0.383 e. The van der Waals surface area contributed by atoms with Crippen LogP contribution in [0.25, 0.3) is 0 Å². The quantitative estimate of drug-likeness (QED) is 0.871. The van der Waals surface area contributed by atoms with Crippen LogP contribution in [0.3, 0.4) is 0 Å². The fraction of sp³-hybridized carbons (Fsp3) is 0.571. The van der Waals surface area contributed by atoms with Gasteiger partial charge >= 0.3 is 6.18 Å². The first kappa shape index (κ1) is 16.5. The van der Waals surface area contributed by atoms with E-state index >= 15 is 0 Å². The summed E-state index contributed by atoms with van der Waals surface area (Å²) in [6.07, 6.45) is -2.74. The zero-order valence-electron chi connectivity index (χ0n) is 12.1. The van der Waals surface area contributed by atoms with Gasteiger partial charge in [0.2, 0.25) is 0 Å². The van der Waals surface area contributed by atoms with Crippen molar-refractivity contribution in [1.82, 2.24) is 10.3 Å². The number of aromatic nitrogens is 1. The van der Waals surface area contributed by atoms with Gasteiger partial charge in [0, 0.05) is 13.7 Å². The Labute approximate surface area is 126 Å². The van der Waals surface area contributed by atoms with Gasteiger partial charge in [-0.15, -0.1) is 0 Å². The average Bonchev–Trinajstić information content (AvgIpc) is 2.93. The Morgan fingerprint density at radius 3 is 2.82 bits per heavy atom. The van der Waals surface area contributed by atoms with E-state index in [1.165, 1.54) is 0 Å². The second-order valence-corrected chi connectivity index (χ2v) is 5.30. The maximum Gasteiger partial charge on any atom is 0.433 e. The van der Waals surface area contributed by atoms with Gasteiger partial charge in [-0.05, 0) is 31.5 Å². The van der Waals surface area contributed by atoms with E-state index in [0.717, 1.165) is 31.5 Å². The summed E-state index contributed by atoms with van der Waals surface area (Å²) in [5.74, 6) is -0.0542. The molecular weight excluding hydrogens is 297 g/mol. The maximum absolute atomic E-state index is 12.7. The summed E-state index contributed by atoms with van der Waals surface area (Å²) in [4.78, 5) is 3.54. The standard InChI is InChI=1S/C14H17F3N4O/c1-22-9-13(5-2-6-20-13)8-19-12-10(7-18)3-4-11(21-12)14(15,16)17/h3-4,20H,2,5-6,8-9H2,1H3,(H,19,21). The van der Waals surface area contributed by atoms with Crippen molar-refractivity contribution in [2.75, 3.05) is 32.1 Å². The summed E-state index contributed by atoms with van der Waals surface area (Å²) in [6.45, 7) is 1.59. The molecule has 1 saturated heterocycles. The first-order chi connectivity index (χ1) is 10.4. The Balaban J connectivity index is 2.19. The van der Waals surface area contributed by atoms with E-state index < -0.39 is 11.9 Å². The van der Waals surface area contributed by atoms with Crippen LogP contribution < -0.4 is 10.6 Å². The third kappa shape index (κ3) is 3.67. The number of methoxy groups -OCH3 is 1. The summed E-state index contributed by atoms with van der Waals surface area (Å²) in [6, 6.07) is 3.79. The number of alkyl halides is 3. The minimum atomic E-state index is -4.54. The highest BCUT2D eigenvalue weighted by Crippen LogP contribution is 2.29. The molecule has 1 aromatic rings. The molecule has 1 atom stereocenters. The Bertz CT molecular complexity index is 562. The van der Waals surface area contributed by atoms with Crippen LogP contribution in [-0.4, -0.2) is 37.3 Å². The lowest BCUT2D eigenvalue weighted by atomic mass is 9.98. The number of nitriles is 1. The molecule has 0 amide bonds. The van der Waals surface area contributed by atoms with Gasteiger partial charge in [-0.25, -0.2) is 4.98 Å². The minimum absolute atomic E-state index is 0.0542. The van der Waals surface area contributed by atoms with Crippen molar-refractivity contribution in [3.05, 3.63) is 23.4 Å². The molecule has 2 rings (SSSR count). The van der Waals surface area contributed by atoms with Crippen LogP contribution in [0, 0.1) is 11.3 Å². The number of rotatable bonds is 5. The Morgan fingerprint density at radius 1 is 1.50 bits per heavy atom. The van der Waals surface area contributed by atoms with Crippen LogP contribution in [0.5, 0.6) is 0 Å². The molecule has 1 unspecified atom stereocenters. The van der Waals surface area contributed by atoms with Crippen LogP contribution in [0.2, 0.25) is 0 Å². The number of pyridine rings is 1. The van der Waals surface area contributed by atoms with Crippen molar-refractivity contribution < 1.29 is 17.9 Å². The lowest BCUT2D eigenvalue weighted by Gasteiger charge is -2.29. The number of anilines is 1. The van der Waals surface area contributed by atoms with Crippen LogP contribution in [0.1, 0.15) is 24.1 Å². The number of nitrogens with zero attached hydrogens (tertiary/aromatic N) is 2. The van der Waals surface area contributed by atoms with E-state index in [1.807, 2.05) is 6.07 Å². The molecule has 8 heteroatoms. The van der Waals surface area contributed by atoms with Gasteiger partial charge in [0.1, 0.15) is 17.6 Å². The van der Waals surface area contributed by atoms with E-state index in [1.54, 1.807) is 7.11 Å². The molecule has 1 aliphatic heterocycles. The topological polar surface area (TPSA) is 70.0 Å². The summed E-state index contributed by atoms with van der Waals surface area (Å²) < 4.78 is 43.4. The normalized spacial score (nSPS) is 21.6. The van der Waals surface area contributed by atoms with Gasteiger partial charge in [0.15, 0.2) is 0 Å². The predicted octanol–water partition coefficient (Wildman–Crippen LogP) is 2.15. The van der Waals surface area contributed by atoms with E-state index in [4.69, 9.17) is 10.00 Å². The van der Waals surface area contributed by atoms with Gasteiger partial charge in [-0.3, -0.25) is 0 Å². The third-order valence-electron chi connectivity index (χ3n) is 3.65. The van der Waals surface area contributed by atoms with Crippen molar-refractivity contribution in [3.8, 4) is 6.07 Å². The average molecular weight is 314 g/mol. The lowest BCUT2D eigenvalue weighted by Crippen LogP contribution is -2.49. The SMILES string of the molecule is COCC1(CNc2nc(C(F)(F)F)ccc2C#N)CCCN1. The molecule has 1 aliphatic rings. The molecule has 22 heavy (non-hydrogen) atoms. The molecule has 0 radical (unpaired) electrons. The monoisotopic (exact) mass is 314 g/mol. The Hall–Kier alpha value is -1.85. The van der Waals surface area contributed by atoms with Crippen molar-refractivity contribution in [2.45, 2.75) is 24.6 Å². The molecule has 120 valence electrons. The van der Waals surface area contributed by atoms with E-state index in [9.17, 15) is 13.2 Å². The highest BCUT2D eigenvalue weighted by atomic mass is 19.4. The molecule has 0 saturated carbocycles. The summed E-state index contributed by atoms with van der Waals surface area (Å²) in [7, 11) is 1.57. The third-order valence-corrected chi connectivity index (χ3v) is 3.65. The number of ether oxygens (including phenoxy) is 1. The lowest BCUT2D eigenvalue weighted by molar-refractivity contribution is -0.141. The van der Waals surface area contributed by atoms with Crippen molar-refractivity contribution in [3.63, 3.8) is 0 Å². The molecular formula is C14H17F3N4O. The van der Waals surface area contributed by atoms with Crippen molar-refractivity contribution in [1.29, 1.82) is 5.26 Å². The van der Waals surface area contributed by atoms with E-state index in [-0.39, 0.29) is 16.9 Å². The van der Waals surface area contributed by atoms with Crippen LogP contribution in [-0.2, 0) is 10.9 Å². The van der Waals surface area contributed by atoms with E-state index in [2.05, 4.69) is 15.6 Å². The first-order valence-corrected chi connectivity index (χ1v) is 6.86. The van der Waals surface area contributed by atoms with Crippen molar-refractivity contribution >= 4 is 5.82 Å². The van der Waals surface area contributed by atoms with Gasteiger partial charge < -0.3 is 15.4 Å². The second-order valence-electron chi connectivity index (χ2n) is 5.30. The number of hydrogen-bond acceptors (Lipinski definition) is 5. The predicted molar refractivity (Wildman–Crippen MR) is 74.3 cm³/mol. The maximum atomic E-state index is 12.7. The van der Waals surface area contributed by atoms with E-state index in [0.29, 0.717) is 13.2 Å². The van der Waals surface area contributed by atoms with Crippen molar-refractivity contribution in [2.24, 2.45) is 0 Å². The molecule has 2 heterocycles. The fourth-order valence-electron chi connectivity index (χ4n) is 2.57. The fourth-order valence-corrected chi connectivity index (χ4v) is 2.57. The molecule has 2 N–H and O–H groups in total. The molecule has 0 bridgehead atoms. The largest absolute Gasteiger partial charge is 0.433 e. The van der Waals surface area contributed by atoms with Gasteiger partial charge in [-0.1, -0.05) is 0 Å². The molecule has 0 spiro atoms. The summed E-state index contributed by atoms with van der Waals surface area (Å²) in [5.41, 5.74) is -1.29. The number of hydrogen-bond donors (Lipinski definition) is 2. The van der Waals surface area contributed by atoms with Crippen LogP contribution in [0.15, 0.2) is 12.1 Å². The van der Waals surface area contributed by atoms with Crippen LogP contribution in [0.4, 0.5) is 19.0 Å². The Kier molecular flexibility index (Phi) is 4.88. The van der Waals surface area contributed by atoms with Gasteiger partial charge in [0.05, 0.1) is 17.7 Å². The Morgan fingerprint density at radius 2 is 2.27 bits per heavy atom. The van der Waals surface area contributed by atoms with Crippen LogP contribution >= 0.6 is 0 Å². The number of halogens is 3. The second kappa shape index (κ2) is 6.50. The zero-order chi connectivity index (χ0) is 16.2. The van der Waals surface area contributed by atoms with Gasteiger partial charge in [0.25, 0.3) is 0 Å². The highest BCUT2D eigenvalue weighted by Gasteiger charge is 2.35. The summed E-state index contributed by atoms with van der Waals surface area (Å²) >= 11 is 0. The minimum Gasteiger partial charge on any atom is -0.383 e. The molecule has 5 nitrogen and oxygen atoms in total. The molecule has 0 aromatic carbocycles. The molecule has 1 aromatic heterocycles. The van der Waals surface area contributed by atoms with Gasteiger partial charge in [-0.2, -0.15) is 18.4 Å². The first-order valence-electron chi connectivity index (χ1n) is 6.86. The highest BCUT2D eigenvalue weighted by molar-refractivity contribution is 5.52. The summed E-state index contributed by atoms with van der Waals surface area (Å²) in [5, 5.41) is 15.2. The number of nitrogens with one attached hydrogen (secondary N) is 2. The molecule has 1 fully saturated rings. The zero-order valence-corrected chi connectivity index (χ0v) is 12.1.